The Morgan fingerprint density at radius 3 is 2.62 bits per heavy atom. The molecule has 0 radical (unpaired) electrons. The van der Waals surface area contributed by atoms with Gasteiger partial charge in [0.15, 0.2) is 0 Å². The Labute approximate surface area is 157 Å². The lowest BCUT2D eigenvalue weighted by atomic mass is 9.95. The molecule has 2 aromatic heterocycles. The Bertz CT molecular complexity index is 809. The fourth-order valence-electron chi connectivity index (χ4n) is 4.34. The van der Waals surface area contributed by atoms with Crippen molar-refractivity contribution < 1.29 is 4.79 Å². The van der Waals surface area contributed by atoms with Crippen LogP contribution in [0.1, 0.15) is 61.2 Å². The number of nitrogens with zero attached hydrogens (tertiary/aromatic N) is 4. The van der Waals surface area contributed by atoms with Crippen molar-refractivity contribution in [1.82, 2.24) is 19.2 Å². The minimum Gasteiger partial charge on any atom is -0.342 e. The van der Waals surface area contributed by atoms with Crippen molar-refractivity contribution in [2.24, 2.45) is 7.05 Å². The van der Waals surface area contributed by atoms with Crippen LogP contribution in [0.15, 0.2) is 22.3 Å². The maximum absolute atomic E-state index is 12.6. The second-order valence-electron chi connectivity index (χ2n) is 7.48. The van der Waals surface area contributed by atoms with Crippen LogP contribution in [0.25, 0.3) is 0 Å². The van der Waals surface area contributed by atoms with Crippen molar-refractivity contribution in [3.8, 4) is 0 Å². The predicted molar refractivity (Wildman–Crippen MR) is 102 cm³/mol. The molecule has 4 rings (SSSR count). The highest BCUT2D eigenvalue weighted by Gasteiger charge is 2.31. The van der Waals surface area contributed by atoms with Crippen molar-refractivity contribution in [1.29, 1.82) is 0 Å². The molecular formula is C19H26N4O2S. The molecule has 1 amide bonds. The molecule has 7 heteroatoms. The smallest absolute Gasteiger partial charge is 0.342 e. The molecule has 3 heterocycles. The SMILES string of the molecule is Cn1nc(C2CCN(C(=O)Cc3cccs3)CC2)n(C2CCCC2)c1=O. The Morgan fingerprint density at radius 2 is 1.96 bits per heavy atom. The number of piperidine rings is 1. The molecule has 1 aliphatic carbocycles. The first-order valence-electron chi connectivity index (χ1n) is 9.59. The number of amides is 1. The number of hydrogen-bond acceptors (Lipinski definition) is 4. The quantitative estimate of drug-likeness (QED) is 0.827. The number of thiophene rings is 1. The van der Waals surface area contributed by atoms with E-state index in [4.69, 9.17) is 0 Å². The van der Waals surface area contributed by atoms with Crippen molar-refractivity contribution >= 4 is 17.2 Å². The fraction of sp³-hybridized carbons (Fsp3) is 0.632. The fourth-order valence-corrected chi connectivity index (χ4v) is 5.04. The lowest BCUT2D eigenvalue weighted by Crippen LogP contribution is -2.39. The van der Waals surface area contributed by atoms with Crippen LogP contribution in [0.4, 0.5) is 0 Å². The van der Waals surface area contributed by atoms with Gasteiger partial charge in [0.1, 0.15) is 5.82 Å². The number of hydrogen-bond donors (Lipinski definition) is 0. The topological polar surface area (TPSA) is 60.1 Å². The molecule has 0 aromatic carbocycles. The summed E-state index contributed by atoms with van der Waals surface area (Å²) in [6.07, 6.45) is 6.83. The molecule has 0 bridgehead atoms. The predicted octanol–water partition coefficient (Wildman–Crippen LogP) is 2.71. The van der Waals surface area contributed by atoms with Gasteiger partial charge >= 0.3 is 5.69 Å². The summed E-state index contributed by atoms with van der Waals surface area (Å²) in [7, 11) is 1.75. The molecule has 1 aliphatic heterocycles. The normalized spacial score (nSPS) is 19.3. The van der Waals surface area contributed by atoms with Crippen molar-refractivity contribution in [3.63, 3.8) is 0 Å². The third-order valence-corrected chi connectivity index (χ3v) is 6.67. The standard InChI is InChI=1S/C19H26N4O2S/c1-21-19(25)23(15-5-2-3-6-15)18(20-21)14-8-10-22(11-9-14)17(24)13-16-7-4-12-26-16/h4,7,12,14-15H,2-3,5-6,8-11,13H2,1H3. The van der Waals surface area contributed by atoms with Gasteiger partial charge in [-0.1, -0.05) is 18.9 Å². The van der Waals surface area contributed by atoms with Gasteiger partial charge in [-0.2, -0.15) is 5.10 Å². The van der Waals surface area contributed by atoms with Crippen LogP contribution in [-0.4, -0.2) is 38.2 Å². The van der Waals surface area contributed by atoms with E-state index in [1.165, 1.54) is 17.5 Å². The molecule has 1 saturated heterocycles. The highest BCUT2D eigenvalue weighted by molar-refractivity contribution is 7.10. The van der Waals surface area contributed by atoms with E-state index in [1.54, 1.807) is 18.4 Å². The summed E-state index contributed by atoms with van der Waals surface area (Å²) in [6.45, 7) is 1.51. The zero-order valence-electron chi connectivity index (χ0n) is 15.3. The second-order valence-corrected chi connectivity index (χ2v) is 8.52. The number of aromatic nitrogens is 3. The van der Waals surface area contributed by atoms with Gasteiger partial charge in [-0.15, -0.1) is 11.3 Å². The van der Waals surface area contributed by atoms with Crippen LogP contribution in [-0.2, 0) is 18.3 Å². The molecule has 0 N–H and O–H groups in total. The van der Waals surface area contributed by atoms with Crippen molar-refractivity contribution in [2.45, 2.75) is 56.9 Å². The molecule has 2 fully saturated rings. The highest BCUT2D eigenvalue weighted by Crippen LogP contribution is 2.33. The van der Waals surface area contributed by atoms with Gasteiger partial charge in [0.05, 0.1) is 6.42 Å². The van der Waals surface area contributed by atoms with Gasteiger partial charge in [-0.3, -0.25) is 9.36 Å². The summed E-state index contributed by atoms with van der Waals surface area (Å²) in [6, 6.07) is 4.32. The first-order chi connectivity index (χ1) is 12.6. The van der Waals surface area contributed by atoms with Gasteiger partial charge in [-0.25, -0.2) is 9.48 Å². The van der Waals surface area contributed by atoms with E-state index < -0.39 is 0 Å². The molecular weight excluding hydrogens is 348 g/mol. The van der Waals surface area contributed by atoms with E-state index >= 15 is 0 Å². The van der Waals surface area contributed by atoms with Gasteiger partial charge < -0.3 is 4.90 Å². The van der Waals surface area contributed by atoms with E-state index in [-0.39, 0.29) is 17.5 Å². The molecule has 1 saturated carbocycles. The number of carbonyl (C=O) groups is 1. The number of rotatable bonds is 4. The average molecular weight is 375 g/mol. The summed E-state index contributed by atoms with van der Waals surface area (Å²) in [5.41, 5.74) is 0.0168. The third kappa shape index (κ3) is 3.37. The van der Waals surface area contributed by atoms with Crippen LogP contribution in [0.5, 0.6) is 0 Å². The van der Waals surface area contributed by atoms with Crippen LogP contribution >= 0.6 is 11.3 Å². The van der Waals surface area contributed by atoms with Crippen molar-refractivity contribution in [3.05, 3.63) is 38.7 Å². The monoisotopic (exact) mass is 374 g/mol. The van der Waals surface area contributed by atoms with Crippen LogP contribution in [0.3, 0.4) is 0 Å². The number of likely N-dealkylation sites (tertiary alicyclic amines) is 1. The molecule has 0 atom stereocenters. The lowest BCUT2D eigenvalue weighted by Gasteiger charge is -2.32. The molecule has 2 aliphatic rings. The summed E-state index contributed by atoms with van der Waals surface area (Å²) < 4.78 is 3.45. The molecule has 26 heavy (non-hydrogen) atoms. The first kappa shape index (κ1) is 17.5. The summed E-state index contributed by atoms with van der Waals surface area (Å²) in [5.74, 6) is 1.42. The summed E-state index contributed by atoms with van der Waals surface area (Å²) in [5, 5.41) is 6.59. The molecule has 6 nitrogen and oxygen atoms in total. The Morgan fingerprint density at radius 1 is 1.23 bits per heavy atom. The Kier molecular flexibility index (Phi) is 4.98. The van der Waals surface area contributed by atoms with Gasteiger partial charge in [0.2, 0.25) is 5.91 Å². The Hall–Kier alpha value is -1.89. The molecule has 0 unspecified atom stereocenters. The molecule has 140 valence electrons. The average Bonchev–Trinajstić information content (AvgIpc) is 3.39. The highest BCUT2D eigenvalue weighted by atomic mass is 32.1. The van der Waals surface area contributed by atoms with Gasteiger partial charge in [0, 0.05) is 37.0 Å². The first-order valence-corrected chi connectivity index (χ1v) is 10.5. The zero-order chi connectivity index (χ0) is 18.1. The summed E-state index contributed by atoms with van der Waals surface area (Å²) in [4.78, 5) is 28.2. The minimum absolute atomic E-state index is 0.0168. The van der Waals surface area contributed by atoms with E-state index in [0.717, 1.165) is 49.5 Å². The maximum atomic E-state index is 12.6. The van der Waals surface area contributed by atoms with E-state index in [2.05, 4.69) is 5.10 Å². The third-order valence-electron chi connectivity index (χ3n) is 5.79. The van der Waals surface area contributed by atoms with E-state index in [9.17, 15) is 9.59 Å². The molecule has 0 spiro atoms. The van der Waals surface area contributed by atoms with E-state index in [1.807, 2.05) is 27.0 Å². The summed E-state index contributed by atoms with van der Waals surface area (Å²) >= 11 is 1.63. The number of aryl methyl sites for hydroxylation is 1. The minimum atomic E-state index is 0.0168. The second kappa shape index (κ2) is 7.39. The van der Waals surface area contributed by atoms with Crippen LogP contribution < -0.4 is 5.69 Å². The maximum Gasteiger partial charge on any atom is 0.345 e. The van der Waals surface area contributed by atoms with E-state index in [0.29, 0.717) is 12.5 Å². The zero-order valence-corrected chi connectivity index (χ0v) is 16.1. The van der Waals surface area contributed by atoms with Crippen molar-refractivity contribution in [2.75, 3.05) is 13.1 Å². The number of carbonyl (C=O) groups excluding carboxylic acids is 1. The van der Waals surface area contributed by atoms with Crippen LogP contribution in [0, 0.1) is 0 Å². The van der Waals surface area contributed by atoms with Crippen LogP contribution in [0.2, 0.25) is 0 Å². The molecule has 2 aromatic rings. The lowest BCUT2D eigenvalue weighted by molar-refractivity contribution is -0.131. The van der Waals surface area contributed by atoms with Gasteiger partial charge in [0.25, 0.3) is 0 Å². The van der Waals surface area contributed by atoms with Gasteiger partial charge in [-0.05, 0) is 37.1 Å². The largest absolute Gasteiger partial charge is 0.345 e. The Balaban J connectivity index is 1.44.